The smallest absolute Gasteiger partial charge is 0.305 e. The van der Waals surface area contributed by atoms with Crippen molar-refractivity contribution >= 4 is 17.9 Å². The summed E-state index contributed by atoms with van der Waals surface area (Å²) >= 11 is 0. The first-order valence-corrected chi connectivity index (χ1v) is 8.89. The molecule has 0 unspecified atom stereocenters. The maximum Gasteiger partial charge on any atom is 0.305 e. The second-order valence-corrected chi connectivity index (χ2v) is 5.80. The Hall–Kier alpha value is -1.59. The fraction of sp³-hybridized carbons (Fsp3) is 0.833. The van der Waals surface area contributed by atoms with Gasteiger partial charge in [-0.1, -0.05) is 32.1 Å². The lowest BCUT2D eigenvalue weighted by molar-refractivity contribution is -0.144. The number of rotatable bonds is 15. The van der Waals surface area contributed by atoms with Crippen LogP contribution in [0.1, 0.15) is 77.0 Å². The van der Waals surface area contributed by atoms with Crippen molar-refractivity contribution in [3.63, 3.8) is 0 Å². The molecule has 0 amide bonds. The van der Waals surface area contributed by atoms with E-state index in [1.54, 1.807) is 0 Å². The number of hydrogen-bond acceptors (Lipinski definition) is 6. The van der Waals surface area contributed by atoms with Gasteiger partial charge in [-0.25, -0.2) is 0 Å². The van der Waals surface area contributed by atoms with E-state index in [9.17, 15) is 14.4 Å². The van der Waals surface area contributed by atoms with Crippen molar-refractivity contribution in [3.05, 3.63) is 0 Å². The van der Waals surface area contributed by atoms with E-state index >= 15 is 0 Å². The summed E-state index contributed by atoms with van der Waals surface area (Å²) in [4.78, 5) is 33.3. The molecular weight excluding hydrogens is 312 g/mol. The van der Waals surface area contributed by atoms with Crippen molar-refractivity contribution in [2.75, 3.05) is 20.8 Å². The average molecular weight is 344 g/mol. The predicted molar refractivity (Wildman–Crippen MR) is 90.4 cm³/mol. The summed E-state index contributed by atoms with van der Waals surface area (Å²) in [7, 11) is 2.79. The van der Waals surface area contributed by atoms with Crippen LogP contribution < -0.4 is 0 Å². The van der Waals surface area contributed by atoms with E-state index in [4.69, 9.17) is 4.74 Å². The first-order chi connectivity index (χ1) is 11.6. The molecular formula is C18H32O6. The second kappa shape index (κ2) is 16.3. The summed E-state index contributed by atoms with van der Waals surface area (Å²) in [5.74, 6) is -0.484. The molecule has 0 atom stereocenters. The highest BCUT2D eigenvalue weighted by Gasteiger charge is 2.04. The molecule has 6 nitrogen and oxygen atoms in total. The van der Waals surface area contributed by atoms with Crippen LogP contribution in [0.25, 0.3) is 0 Å². The Balaban J connectivity index is 3.26. The zero-order chi connectivity index (χ0) is 18.0. The molecule has 0 aliphatic carbocycles. The van der Waals surface area contributed by atoms with Crippen LogP contribution in [-0.2, 0) is 28.6 Å². The summed E-state index contributed by atoms with van der Waals surface area (Å²) in [6.45, 7) is 0.470. The number of carbonyl (C=O) groups excluding carboxylic acids is 3. The zero-order valence-electron chi connectivity index (χ0n) is 15.1. The van der Waals surface area contributed by atoms with Crippen LogP contribution in [-0.4, -0.2) is 38.7 Å². The quantitative estimate of drug-likeness (QED) is 0.257. The van der Waals surface area contributed by atoms with E-state index in [-0.39, 0.29) is 17.9 Å². The largest absolute Gasteiger partial charge is 0.469 e. The molecule has 0 N–H and O–H groups in total. The van der Waals surface area contributed by atoms with E-state index in [1.165, 1.54) is 14.2 Å². The Morgan fingerprint density at radius 2 is 0.917 bits per heavy atom. The van der Waals surface area contributed by atoms with Gasteiger partial charge >= 0.3 is 17.9 Å². The van der Waals surface area contributed by atoms with Gasteiger partial charge in [-0.15, -0.1) is 0 Å². The van der Waals surface area contributed by atoms with Crippen molar-refractivity contribution in [3.8, 4) is 0 Å². The normalized spacial score (nSPS) is 10.2. The molecule has 0 aliphatic heterocycles. The van der Waals surface area contributed by atoms with Gasteiger partial charge in [-0.05, 0) is 25.7 Å². The van der Waals surface area contributed by atoms with E-state index in [1.807, 2.05) is 0 Å². The van der Waals surface area contributed by atoms with Gasteiger partial charge in [0.1, 0.15) is 0 Å². The first kappa shape index (κ1) is 22.4. The average Bonchev–Trinajstić information content (AvgIpc) is 2.59. The molecule has 140 valence electrons. The summed E-state index contributed by atoms with van der Waals surface area (Å²) in [6, 6.07) is 0. The molecule has 0 aliphatic rings. The van der Waals surface area contributed by atoms with Crippen molar-refractivity contribution in [1.82, 2.24) is 0 Å². The molecule has 24 heavy (non-hydrogen) atoms. The molecule has 0 fully saturated rings. The van der Waals surface area contributed by atoms with Gasteiger partial charge < -0.3 is 14.2 Å². The molecule has 0 heterocycles. The third-order valence-electron chi connectivity index (χ3n) is 3.76. The fourth-order valence-electron chi connectivity index (χ4n) is 2.26. The molecule has 0 aromatic carbocycles. The highest BCUT2D eigenvalue weighted by molar-refractivity contribution is 5.69. The number of unbranched alkanes of at least 4 members (excludes halogenated alkanes) is 7. The van der Waals surface area contributed by atoms with Crippen molar-refractivity contribution < 1.29 is 28.6 Å². The molecule has 0 bridgehead atoms. The molecule has 0 saturated heterocycles. The van der Waals surface area contributed by atoms with Crippen molar-refractivity contribution in [1.29, 1.82) is 0 Å². The number of carbonyl (C=O) groups is 3. The van der Waals surface area contributed by atoms with Crippen LogP contribution in [0, 0.1) is 0 Å². The first-order valence-electron chi connectivity index (χ1n) is 8.89. The third kappa shape index (κ3) is 15.3. The number of esters is 3. The van der Waals surface area contributed by atoms with Gasteiger partial charge in [0.25, 0.3) is 0 Å². The van der Waals surface area contributed by atoms with Crippen LogP contribution in [0.3, 0.4) is 0 Å². The Morgan fingerprint density at radius 1 is 0.542 bits per heavy atom. The Morgan fingerprint density at radius 3 is 1.38 bits per heavy atom. The standard InChI is InChI=1S/C18H32O6/c1-22-16(19)12-8-4-3-7-11-15-24-18(21)14-10-6-5-9-13-17(20)23-2/h3-15H2,1-2H3. The molecule has 0 aromatic rings. The number of ether oxygens (including phenoxy) is 3. The monoisotopic (exact) mass is 344 g/mol. The van der Waals surface area contributed by atoms with Crippen molar-refractivity contribution in [2.45, 2.75) is 77.0 Å². The zero-order valence-corrected chi connectivity index (χ0v) is 15.1. The minimum Gasteiger partial charge on any atom is -0.469 e. The highest BCUT2D eigenvalue weighted by Crippen LogP contribution is 2.08. The molecule has 0 aromatic heterocycles. The van der Waals surface area contributed by atoms with E-state index in [2.05, 4.69) is 9.47 Å². The molecule has 0 rings (SSSR count). The Labute approximate surface area is 145 Å². The van der Waals surface area contributed by atoms with Crippen LogP contribution in [0.2, 0.25) is 0 Å². The van der Waals surface area contributed by atoms with E-state index in [0.29, 0.717) is 25.9 Å². The van der Waals surface area contributed by atoms with Gasteiger partial charge in [-0.2, -0.15) is 0 Å². The highest BCUT2D eigenvalue weighted by atomic mass is 16.5. The fourth-order valence-corrected chi connectivity index (χ4v) is 2.26. The lowest BCUT2D eigenvalue weighted by Gasteiger charge is -2.05. The van der Waals surface area contributed by atoms with Gasteiger partial charge in [0.05, 0.1) is 20.8 Å². The summed E-state index contributed by atoms with van der Waals surface area (Å²) in [6.07, 6.45) is 9.56. The Kier molecular flexibility index (Phi) is 15.2. The third-order valence-corrected chi connectivity index (χ3v) is 3.76. The van der Waals surface area contributed by atoms with Gasteiger partial charge in [0, 0.05) is 19.3 Å². The lowest BCUT2D eigenvalue weighted by Crippen LogP contribution is -2.05. The number of methoxy groups -OCH3 is 2. The molecule has 0 saturated carbocycles. The topological polar surface area (TPSA) is 78.9 Å². The Bertz CT molecular complexity index is 353. The molecule has 0 radical (unpaired) electrons. The second-order valence-electron chi connectivity index (χ2n) is 5.80. The van der Waals surface area contributed by atoms with Crippen LogP contribution in [0.15, 0.2) is 0 Å². The lowest BCUT2D eigenvalue weighted by atomic mass is 10.1. The molecule has 0 spiro atoms. The SMILES string of the molecule is COC(=O)CCCCCCCOC(=O)CCCCCCC(=O)OC. The molecule has 6 heteroatoms. The van der Waals surface area contributed by atoms with Crippen LogP contribution >= 0.6 is 0 Å². The van der Waals surface area contributed by atoms with Crippen LogP contribution in [0.5, 0.6) is 0 Å². The minimum atomic E-state index is -0.181. The number of hydrogen-bond donors (Lipinski definition) is 0. The van der Waals surface area contributed by atoms with Gasteiger partial charge in [-0.3, -0.25) is 14.4 Å². The van der Waals surface area contributed by atoms with Gasteiger partial charge in [0.2, 0.25) is 0 Å². The van der Waals surface area contributed by atoms with Crippen molar-refractivity contribution in [2.24, 2.45) is 0 Å². The predicted octanol–water partition coefficient (Wildman–Crippen LogP) is 3.56. The minimum absolute atomic E-state index is 0.145. The maximum absolute atomic E-state index is 11.5. The summed E-state index contributed by atoms with van der Waals surface area (Å²) in [5, 5.41) is 0. The van der Waals surface area contributed by atoms with Crippen LogP contribution in [0.4, 0.5) is 0 Å². The van der Waals surface area contributed by atoms with Gasteiger partial charge in [0.15, 0.2) is 0 Å². The van der Waals surface area contributed by atoms with E-state index in [0.717, 1.165) is 57.8 Å². The van der Waals surface area contributed by atoms with E-state index < -0.39 is 0 Å². The summed E-state index contributed by atoms with van der Waals surface area (Å²) in [5.41, 5.74) is 0. The maximum atomic E-state index is 11.5. The summed E-state index contributed by atoms with van der Waals surface area (Å²) < 4.78 is 14.3.